The van der Waals surface area contributed by atoms with Crippen molar-refractivity contribution in [3.05, 3.63) is 64.4 Å². The lowest BCUT2D eigenvalue weighted by atomic mass is 10.1. The van der Waals surface area contributed by atoms with E-state index in [-0.39, 0.29) is 0 Å². The molecule has 0 spiro atoms. The fourth-order valence-corrected chi connectivity index (χ4v) is 2.61. The fourth-order valence-electron chi connectivity index (χ4n) is 2.49. The second-order valence-electron chi connectivity index (χ2n) is 5.76. The van der Waals surface area contributed by atoms with Gasteiger partial charge in [-0.15, -0.1) is 0 Å². The maximum atomic E-state index is 5.92. The van der Waals surface area contributed by atoms with Gasteiger partial charge in [0.1, 0.15) is 5.82 Å². The minimum atomic E-state index is 0.618. The summed E-state index contributed by atoms with van der Waals surface area (Å²) in [6.45, 7) is 3.37. The zero-order valence-corrected chi connectivity index (χ0v) is 15.0. The van der Waals surface area contributed by atoms with Crippen molar-refractivity contribution < 1.29 is 4.74 Å². The molecule has 5 heteroatoms. The Kier molecular flexibility index (Phi) is 5.64. The number of nitrogens with one attached hydrogen (secondary N) is 1. The lowest BCUT2D eigenvalue weighted by Crippen LogP contribution is -2.10. The number of benzene rings is 2. The highest BCUT2D eigenvalue weighted by molar-refractivity contribution is 6.30. The van der Waals surface area contributed by atoms with Gasteiger partial charge in [0, 0.05) is 24.1 Å². The van der Waals surface area contributed by atoms with Crippen LogP contribution >= 0.6 is 11.6 Å². The molecule has 0 aliphatic heterocycles. The van der Waals surface area contributed by atoms with Gasteiger partial charge in [0.05, 0.1) is 12.1 Å². The second kappa shape index (κ2) is 8.10. The molecule has 25 heavy (non-hydrogen) atoms. The molecule has 0 fully saturated rings. The van der Waals surface area contributed by atoms with Gasteiger partial charge in [0.15, 0.2) is 5.82 Å². The summed E-state index contributed by atoms with van der Waals surface area (Å²) in [6.07, 6.45) is 3.88. The van der Waals surface area contributed by atoms with Gasteiger partial charge in [-0.2, -0.15) is 0 Å². The average Bonchev–Trinajstić information content (AvgIpc) is 2.62. The van der Waals surface area contributed by atoms with Crippen molar-refractivity contribution in [3.63, 3.8) is 0 Å². The SMILES string of the molecule is COCCNc1nc(/C=C/c2ccc(Cl)cc2)nc2ccc(C)cc12. The Hall–Kier alpha value is -2.43. The van der Waals surface area contributed by atoms with Crippen molar-refractivity contribution in [1.29, 1.82) is 0 Å². The van der Waals surface area contributed by atoms with Gasteiger partial charge in [0.25, 0.3) is 0 Å². The molecule has 3 aromatic rings. The Bertz CT molecular complexity index is 891. The number of anilines is 1. The highest BCUT2D eigenvalue weighted by atomic mass is 35.5. The standard InChI is InChI=1S/C20H20ClN3O/c1-14-3-9-18-17(13-14)20(22-11-12-25-2)24-19(23-18)10-6-15-4-7-16(21)8-5-15/h3-10,13H,11-12H2,1-2H3,(H,22,23,24)/b10-6+. The number of ether oxygens (including phenoxy) is 1. The van der Waals surface area contributed by atoms with Gasteiger partial charge in [-0.25, -0.2) is 9.97 Å². The van der Waals surface area contributed by atoms with Crippen molar-refractivity contribution in [2.75, 3.05) is 25.6 Å². The lowest BCUT2D eigenvalue weighted by molar-refractivity contribution is 0.210. The van der Waals surface area contributed by atoms with Crippen LogP contribution in [0.5, 0.6) is 0 Å². The first-order valence-corrected chi connectivity index (χ1v) is 8.48. The van der Waals surface area contributed by atoms with Crippen LogP contribution in [0.15, 0.2) is 42.5 Å². The average molecular weight is 354 g/mol. The second-order valence-corrected chi connectivity index (χ2v) is 6.19. The Labute approximate surface area is 152 Å². The molecular weight excluding hydrogens is 334 g/mol. The molecule has 0 bridgehead atoms. The maximum absolute atomic E-state index is 5.92. The van der Waals surface area contributed by atoms with Crippen molar-refractivity contribution >= 4 is 40.5 Å². The zero-order chi connectivity index (χ0) is 17.6. The first kappa shape index (κ1) is 17.4. The van der Waals surface area contributed by atoms with Crippen molar-refractivity contribution in [2.45, 2.75) is 6.92 Å². The summed E-state index contributed by atoms with van der Waals surface area (Å²) >= 11 is 5.92. The van der Waals surface area contributed by atoms with E-state index in [0.29, 0.717) is 19.0 Å². The first-order valence-electron chi connectivity index (χ1n) is 8.10. The van der Waals surface area contributed by atoms with Gasteiger partial charge in [-0.1, -0.05) is 41.4 Å². The van der Waals surface area contributed by atoms with E-state index in [1.807, 2.05) is 42.5 Å². The molecule has 0 saturated carbocycles. The molecular formula is C20H20ClN3O. The number of aryl methyl sites for hydroxylation is 1. The van der Waals surface area contributed by atoms with Gasteiger partial charge in [-0.05, 0) is 42.8 Å². The summed E-state index contributed by atoms with van der Waals surface area (Å²) in [5.41, 5.74) is 3.14. The third-order valence-electron chi connectivity index (χ3n) is 3.76. The monoisotopic (exact) mass is 353 g/mol. The molecule has 0 aliphatic carbocycles. The van der Waals surface area contributed by atoms with Crippen LogP contribution in [-0.2, 0) is 4.74 Å². The molecule has 3 rings (SSSR count). The van der Waals surface area contributed by atoms with E-state index in [2.05, 4.69) is 34.3 Å². The molecule has 1 heterocycles. The summed E-state index contributed by atoms with van der Waals surface area (Å²) in [5.74, 6) is 1.48. The number of rotatable bonds is 6. The molecule has 128 valence electrons. The predicted molar refractivity (Wildman–Crippen MR) is 105 cm³/mol. The van der Waals surface area contributed by atoms with Crippen LogP contribution in [0.3, 0.4) is 0 Å². The molecule has 1 N–H and O–H groups in total. The van der Waals surface area contributed by atoms with E-state index in [1.165, 1.54) is 5.56 Å². The number of hydrogen-bond acceptors (Lipinski definition) is 4. The number of methoxy groups -OCH3 is 1. The van der Waals surface area contributed by atoms with Crippen LogP contribution in [0.25, 0.3) is 23.1 Å². The smallest absolute Gasteiger partial charge is 0.154 e. The normalized spacial score (nSPS) is 11.3. The first-order chi connectivity index (χ1) is 12.2. The largest absolute Gasteiger partial charge is 0.383 e. The predicted octanol–water partition coefficient (Wildman–Crippen LogP) is 4.82. The van der Waals surface area contributed by atoms with E-state index < -0.39 is 0 Å². The van der Waals surface area contributed by atoms with Gasteiger partial charge < -0.3 is 10.1 Å². The van der Waals surface area contributed by atoms with Crippen LogP contribution in [0.2, 0.25) is 5.02 Å². The summed E-state index contributed by atoms with van der Waals surface area (Å²) < 4.78 is 5.11. The van der Waals surface area contributed by atoms with E-state index >= 15 is 0 Å². The molecule has 0 aliphatic rings. The van der Waals surface area contributed by atoms with Crippen molar-refractivity contribution in [2.24, 2.45) is 0 Å². The van der Waals surface area contributed by atoms with E-state index in [1.54, 1.807) is 7.11 Å². The lowest BCUT2D eigenvalue weighted by Gasteiger charge is -2.10. The Morgan fingerprint density at radius 1 is 1.08 bits per heavy atom. The Balaban J connectivity index is 1.94. The van der Waals surface area contributed by atoms with E-state index in [9.17, 15) is 0 Å². The minimum absolute atomic E-state index is 0.618. The third-order valence-corrected chi connectivity index (χ3v) is 4.01. The van der Waals surface area contributed by atoms with E-state index in [4.69, 9.17) is 16.3 Å². The molecule has 0 saturated heterocycles. The fraction of sp³-hybridized carbons (Fsp3) is 0.200. The van der Waals surface area contributed by atoms with Crippen LogP contribution in [0, 0.1) is 6.92 Å². The van der Waals surface area contributed by atoms with Crippen molar-refractivity contribution in [3.8, 4) is 0 Å². The Morgan fingerprint density at radius 2 is 1.88 bits per heavy atom. The van der Waals surface area contributed by atoms with Crippen LogP contribution < -0.4 is 5.32 Å². The topological polar surface area (TPSA) is 47.0 Å². The summed E-state index contributed by atoms with van der Waals surface area (Å²) in [5, 5.41) is 5.07. The molecule has 4 nitrogen and oxygen atoms in total. The molecule has 0 unspecified atom stereocenters. The summed E-state index contributed by atoms with van der Waals surface area (Å²) in [4.78, 5) is 9.30. The van der Waals surface area contributed by atoms with Crippen LogP contribution in [0.4, 0.5) is 5.82 Å². The summed E-state index contributed by atoms with van der Waals surface area (Å²) in [7, 11) is 1.68. The zero-order valence-electron chi connectivity index (χ0n) is 14.3. The molecule has 2 aromatic carbocycles. The molecule has 0 amide bonds. The molecule has 0 atom stereocenters. The molecule has 0 radical (unpaired) electrons. The van der Waals surface area contributed by atoms with Crippen molar-refractivity contribution in [1.82, 2.24) is 9.97 Å². The van der Waals surface area contributed by atoms with Gasteiger partial charge in [-0.3, -0.25) is 0 Å². The summed E-state index contributed by atoms with van der Waals surface area (Å²) in [6, 6.07) is 13.8. The quantitative estimate of drug-likeness (QED) is 0.645. The number of nitrogens with zero attached hydrogens (tertiary/aromatic N) is 2. The number of aromatic nitrogens is 2. The van der Waals surface area contributed by atoms with Crippen LogP contribution in [0.1, 0.15) is 17.0 Å². The van der Waals surface area contributed by atoms with Crippen LogP contribution in [-0.4, -0.2) is 30.2 Å². The number of hydrogen-bond donors (Lipinski definition) is 1. The maximum Gasteiger partial charge on any atom is 0.154 e. The number of fused-ring (bicyclic) bond motifs is 1. The third kappa shape index (κ3) is 4.56. The van der Waals surface area contributed by atoms with Gasteiger partial charge >= 0.3 is 0 Å². The highest BCUT2D eigenvalue weighted by Gasteiger charge is 2.06. The Morgan fingerprint density at radius 3 is 2.64 bits per heavy atom. The molecule has 1 aromatic heterocycles. The van der Waals surface area contributed by atoms with E-state index in [0.717, 1.165) is 27.3 Å². The van der Waals surface area contributed by atoms with Gasteiger partial charge in [0.2, 0.25) is 0 Å². The minimum Gasteiger partial charge on any atom is -0.383 e. The number of halogens is 1. The highest BCUT2D eigenvalue weighted by Crippen LogP contribution is 2.22.